The van der Waals surface area contributed by atoms with E-state index < -0.39 is 15.7 Å². The molecule has 2 rings (SSSR count). The molecule has 1 unspecified atom stereocenters. The number of hydrogen-bond donors (Lipinski definition) is 2. The van der Waals surface area contributed by atoms with Gasteiger partial charge < -0.3 is 11.1 Å². The highest BCUT2D eigenvalue weighted by atomic mass is 32.2. The lowest BCUT2D eigenvalue weighted by atomic mass is 10.1. The summed E-state index contributed by atoms with van der Waals surface area (Å²) in [6, 6.07) is 4.26. The van der Waals surface area contributed by atoms with Crippen molar-refractivity contribution in [2.75, 3.05) is 16.8 Å². The summed E-state index contributed by atoms with van der Waals surface area (Å²) in [5, 5.41) is 3.04. The van der Waals surface area contributed by atoms with Gasteiger partial charge in [0.2, 0.25) is 0 Å². The molecular weight excluding hydrogens is 287 g/mol. The summed E-state index contributed by atoms with van der Waals surface area (Å²) >= 11 is 4.72. The predicted octanol–water partition coefficient (Wildman–Crippen LogP) is 1.45. The van der Waals surface area contributed by atoms with Crippen LogP contribution < -0.4 is 11.1 Å². The molecule has 0 spiro atoms. The van der Waals surface area contributed by atoms with Gasteiger partial charge in [0.1, 0.15) is 10.8 Å². The van der Waals surface area contributed by atoms with E-state index in [-0.39, 0.29) is 28.1 Å². The Morgan fingerprint density at radius 1 is 1.47 bits per heavy atom. The molecule has 1 saturated heterocycles. The third-order valence-corrected chi connectivity index (χ3v) is 5.11. The van der Waals surface area contributed by atoms with Crippen molar-refractivity contribution in [1.29, 1.82) is 0 Å². The van der Waals surface area contributed by atoms with Crippen molar-refractivity contribution in [2.24, 2.45) is 5.73 Å². The zero-order chi connectivity index (χ0) is 14.0. The van der Waals surface area contributed by atoms with Gasteiger partial charge in [0.05, 0.1) is 11.5 Å². The lowest BCUT2D eigenvalue weighted by molar-refractivity contribution is 0.562. The first-order valence-corrected chi connectivity index (χ1v) is 8.17. The van der Waals surface area contributed by atoms with E-state index in [1.165, 1.54) is 12.1 Å². The van der Waals surface area contributed by atoms with Crippen LogP contribution in [-0.2, 0) is 9.84 Å². The van der Waals surface area contributed by atoms with Crippen LogP contribution in [0.3, 0.4) is 0 Å². The molecule has 0 aliphatic carbocycles. The maximum atomic E-state index is 13.7. The fraction of sp³-hybridized carbons (Fsp3) is 0.417. The van der Waals surface area contributed by atoms with Crippen LogP contribution in [0.15, 0.2) is 18.2 Å². The van der Waals surface area contributed by atoms with Crippen molar-refractivity contribution in [2.45, 2.75) is 18.9 Å². The van der Waals surface area contributed by atoms with Gasteiger partial charge in [0, 0.05) is 17.3 Å². The van der Waals surface area contributed by atoms with Gasteiger partial charge in [-0.25, -0.2) is 12.8 Å². The van der Waals surface area contributed by atoms with E-state index in [1.54, 1.807) is 6.07 Å². The highest BCUT2D eigenvalue weighted by molar-refractivity contribution is 7.91. The Bertz CT molecular complexity index is 602. The highest BCUT2D eigenvalue weighted by Gasteiger charge is 2.24. The second kappa shape index (κ2) is 5.42. The van der Waals surface area contributed by atoms with Crippen molar-refractivity contribution < 1.29 is 12.8 Å². The van der Waals surface area contributed by atoms with Gasteiger partial charge in [-0.2, -0.15) is 0 Å². The fourth-order valence-electron chi connectivity index (χ4n) is 2.18. The van der Waals surface area contributed by atoms with Crippen LogP contribution in [0.25, 0.3) is 0 Å². The molecule has 1 aliphatic rings. The molecule has 0 amide bonds. The summed E-state index contributed by atoms with van der Waals surface area (Å²) in [6.45, 7) is 0. The number of rotatable bonds is 3. The number of halogens is 1. The summed E-state index contributed by atoms with van der Waals surface area (Å²) in [7, 11) is -2.98. The Morgan fingerprint density at radius 2 is 2.21 bits per heavy atom. The number of benzene rings is 1. The molecule has 0 saturated carbocycles. The Labute approximate surface area is 117 Å². The van der Waals surface area contributed by atoms with Crippen LogP contribution in [-0.4, -0.2) is 31.0 Å². The zero-order valence-corrected chi connectivity index (χ0v) is 11.9. The Hall–Kier alpha value is -1.21. The minimum Gasteiger partial charge on any atom is -0.389 e. The van der Waals surface area contributed by atoms with E-state index >= 15 is 0 Å². The van der Waals surface area contributed by atoms with Crippen molar-refractivity contribution in [3.05, 3.63) is 29.6 Å². The first kappa shape index (κ1) is 14.2. The Balaban J connectivity index is 2.11. The van der Waals surface area contributed by atoms with E-state index in [1.807, 2.05) is 0 Å². The summed E-state index contributed by atoms with van der Waals surface area (Å²) in [4.78, 5) is 0.00398. The normalized spacial score (nSPS) is 21.8. The zero-order valence-electron chi connectivity index (χ0n) is 10.2. The number of nitrogens with one attached hydrogen (secondary N) is 1. The van der Waals surface area contributed by atoms with Gasteiger partial charge >= 0.3 is 0 Å². The van der Waals surface area contributed by atoms with Crippen LogP contribution in [0, 0.1) is 5.82 Å². The molecule has 1 heterocycles. The summed E-state index contributed by atoms with van der Waals surface area (Å²) in [5.74, 6) is -0.179. The smallest absolute Gasteiger partial charge is 0.152 e. The van der Waals surface area contributed by atoms with Gasteiger partial charge in [0.15, 0.2) is 9.84 Å². The maximum absolute atomic E-state index is 13.7. The third-order valence-electron chi connectivity index (χ3n) is 3.07. The first-order chi connectivity index (χ1) is 8.87. The van der Waals surface area contributed by atoms with Crippen LogP contribution in [0.5, 0.6) is 0 Å². The standard InChI is InChI=1S/C12H15FN2O2S2/c13-11-6-8(3-4-10(11)12(14)18)15-9-2-1-5-19(16,17)7-9/h3-4,6,9,15H,1-2,5,7H2,(H2,14,18). The summed E-state index contributed by atoms with van der Waals surface area (Å²) < 4.78 is 36.7. The first-order valence-electron chi connectivity index (χ1n) is 5.94. The lowest BCUT2D eigenvalue weighted by Gasteiger charge is -2.24. The van der Waals surface area contributed by atoms with E-state index in [9.17, 15) is 12.8 Å². The van der Waals surface area contributed by atoms with E-state index in [4.69, 9.17) is 18.0 Å². The molecule has 7 heteroatoms. The van der Waals surface area contributed by atoms with Gasteiger partial charge in [-0.15, -0.1) is 0 Å². The van der Waals surface area contributed by atoms with Crippen molar-refractivity contribution in [3.63, 3.8) is 0 Å². The largest absolute Gasteiger partial charge is 0.389 e. The lowest BCUT2D eigenvalue weighted by Crippen LogP contribution is -2.34. The summed E-state index contributed by atoms with van der Waals surface area (Å²) in [5.41, 5.74) is 6.11. The molecule has 0 aromatic heterocycles. The Morgan fingerprint density at radius 3 is 2.79 bits per heavy atom. The molecule has 3 N–H and O–H groups in total. The quantitative estimate of drug-likeness (QED) is 0.827. The van der Waals surface area contributed by atoms with E-state index in [0.29, 0.717) is 12.1 Å². The third kappa shape index (κ3) is 3.63. The van der Waals surface area contributed by atoms with E-state index in [0.717, 1.165) is 6.42 Å². The fourth-order valence-corrected chi connectivity index (χ4v) is 3.98. The molecule has 1 atom stereocenters. The monoisotopic (exact) mass is 302 g/mol. The van der Waals surface area contributed by atoms with Crippen molar-refractivity contribution >= 4 is 32.7 Å². The van der Waals surface area contributed by atoms with Gasteiger partial charge in [-0.05, 0) is 31.0 Å². The molecule has 19 heavy (non-hydrogen) atoms. The van der Waals surface area contributed by atoms with Crippen molar-refractivity contribution in [1.82, 2.24) is 0 Å². The second-order valence-electron chi connectivity index (χ2n) is 4.66. The average molecular weight is 302 g/mol. The maximum Gasteiger partial charge on any atom is 0.152 e. The molecule has 1 aromatic rings. The molecule has 1 aliphatic heterocycles. The summed E-state index contributed by atoms with van der Waals surface area (Å²) in [6.07, 6.45) is 1.39. The molecule has 1 aromatic carbocycles. The highest BCUT2D eigenvalue weighted by Crippen LogP contribution is 2.19. The van der Waals surface area contributed by atoms with Crippen LogP contribution in [0.1, 0.15) is 18.4 Å². The molecule has 104 valence electrons. The minimum atomic E-state index is -2.98. The van der Waals surface area contributed by atoms with Gasteiger partial charge in [0.25, 0.3) is 0 Å². The van der Waals surface area contributed by atoms with E-state index in [2.05, 4.69) is 5.32 Å². The van der Waals surface area contributed by atoms with Crippen LogP contribution in [0.4, 0.5) is 10.1 Å². The number of hydrogen-bond acceptors (Lipinski definition) is 4. The predicted molar refractivity (Wildman–Crippen MR) is 77.6 cm³/mol. The van der Waals surface area contributed by atoms with Crippen molar-refractivity contribution in [3.8, 4) is 0 Å². The van der Waals surface area contributed by atoms with Crippen LogP contribution in [0.2, 0.25) is 0 Å². The average Bonchev–Trinajstić information content (AvgIpc) is 2.27. The number of thiocarbonyl (C=S) groups is 1. The Kier molecular flexibility index (Phi) is 4.05. The molecule has 0 radical (unpaired) electrons. The SMILES string of the molecule is NC(=S)c1ccc(NC2CCCS(=O)(=O)C2)cc1F. The molecule has 4 nitrogen and oxygen atoms in total. The molecule has 1 fully saturated rings. The molecular formula is C12H15FN2O2S2. The second-order valence-corrected chi connectivity index (χ2v) is 7.33. The minimum absolute atomic E-state index is 0.00398. The van der Waals surface area contributed by atoms with Gasteiger partial charge in [-0.3, -0.25) is 0 Å². The molecule has 0 bridgehead atoms. The van der Waals surface area contributed by atoms with Gasteiger partial charge in [-0.1, -0.05) is 12.2 Å². The number of anilines is 1. The number of sulfone groups is 1. The number of nitrogens with two attached hydrogens (primary N) is 1. The topological polar surface area (TPSA) is 72.2 Å². The van der Waals surface area contributed by atoms with Crippen LogP contribution >= 0.6 is 12.2 Å².